The number of rotatable bonds is 5. The fourth-order valence-electron chi connectivity index (χ4n) is 4.45. The molecule has 5 rings (SSSR count). The van der Waals surface area contributed by atoms with Gasteiger partial charge in [-0.05, 0) is 56.0 Å². The molecule has 0 spiro atoms. The van der Waals surface area contributed by atoms with Crippen molar-refractivity contribution in [1.82, 2.24) is 4.90 Å². The highest BCUT2D eigenvalue weighted by molar-refractivity contribution is 6.22. The molecule has 8 nitrogen and oxygen atoms in total. The van der Waals surface area contributed by atoms with Crippen LogP contribution in [0.5, 0.6) is 0 Å². The monoisotopic (exact) mass is 461 g/mol. The third-order valence-corrected chi connectivity index (χ3v) is 6.49. The van der Waals surface area contributed by atoms with Gasteiger partial charge in [0.25, 0.3) is 11.8 Å². The van der Waals surface area contributed by atoms with Crippen LogP contribution in [-0.4, -0.2) is 41.9 Å². The first kappa shape index (κ1) is 22.0. The van der Waals surface area contributed by atoms with Crippen molar-refractivity contribution in [2.75, 3.05) is 13.2 Å². The molecule has 2 aliphatic rings. The smallest absolute Gasteiger partial charge is 0.338 e. The zero-order valence-electron chi connectivity index (χ0n) is 18.9. The van der Waals surface area contributed by atoms with Gasteiger partial charge in [-0.3, -0.25) is 14.5 Å². The Bertz CT molecular complexity index is 1400. The Labute approximate surface area is 195 Å². The molecular formula is C26H23NO7. The summed E-state index contributed by atoms with van der Waals surface area (Å²) in [5, 5.41) is 0.690. The van der Waals surface area contributed by atoms with Crippen molar-refractivity contribution in [1.29, 1.82) is 0 Å². The summed E-state index contributed by atoms with van der Waals surface area (Å²) in [6.07, 6.45) is 1.55. The van der Waals surface area contributed by atoms with Crippen molar-refractivity contribution in [3.05, 3.63) is 80.2 Å². The summed E-state index contributed by atoms with van der Waals surface area (Å²) in [5.74, 6) is -1.49. The molecule has 1 fully saturated rings. The summed E-state index contributed by atoms with van der Waals surface area (Å²) in [6, 6.07) is 9.37. The van der Waals surface area contributed by atoms with E-state index in [1.165, 1.54) is 29.2 Å². The van der Waals surface area contributed by atoms with Crippen molar-refractivity contribution < 1.29 is 28.3 Å². The highest BCUT2D eigenvalue weighted by Gasteiger charge is 2.38. The van der Waals surface area contributed by atoms with Crippen LogP contribution >= 0.6 is 0 Å². The predicted molar refractivity (Wildman–Crippen MR) is 122 cm³/mol. The van der Waals surface area contributed by atoms with Gasteiger partial charge in [-0.25, -0.2) is 9.59 Å². The average Bonchev–Trinajstić information content (AvgIpc) is 3.42. The molecule has 0 N–H and O–H groups in total. The summed E-state index contributed by atoms with van der Waals surface area (Å²) in [6.45, 7) is 4.47. The molecule has 174 valence electrons. The molecule has 1 aromatic heterocycles. The Morgan fingerprint density at radius 2 is 1.85 bits per heavy atom. The molecule has 2 aromatic carbocycles. The zero-order chi connectivity index (χ0) is 24.0. The second-order valence-electron chi connectivity index (χ2n) is 8.67. The van der Waals surface area contributed by atoms with Crippen LogP contribution in [0.15, 0.2) is 45.6 Å². The van der Waals surface area contributed by atoms with E-state index in [-0.39, 0.29) is 41.9 Å². The van der Waals surface area contributed by atoms with Crippen LogP contribution in [0.4, 0.5) is 0 Å². The number of hydrogen-bond donors (Lipinski definition) is 0. The van der Waals surface area contributed by atoms with E-state index in [1.54, 1.807) is 0 Å². The molecule has 8 heteroatoms. The highest BCUT2D eigenvalue weighted by atomic mass is 16.5. The van der Waals surface area contributed by atoms with Gasteiger partial charge in [-0.15, -0.1) is 0 Å². The molecule has 2 amide bonds. The lowest BCUT2D eigenvalue weighted by atomic mass is 10.0. The second kappa shape index (κ2) is 8.53. The maximum Gasteiger partial charge on any atom is 0.338 e. The summed E-state index contributed by atoms with van der Waals surface area (Å²) >= 11 is 0. The number of nitrogens with zero attached hydrogens (tertiary/aromatic N) is 1. The van der Waals surface area contributed by atoms with E-state index in [2.05, 4.69) is 0 Å². The number of imide groups is 1. The van der Waals surface area contributed by atoms with Crippen LogP contribution in [-0.2, 0) is 16.1 Å². The number of hydrogen-bond acceptors (Lipinski definition) is 7. The Morgan fingerprint density at radius 1 is 1.06 bits per heavy atom. The first-order valence-corrected chi connectivity index (χ1v) is 11.2. The highest BCUT2D eigenvalue weighted by Crippen LogP contribution is 2.27. The summed E-state index contributed by atoms with van der Waals surface area (Å²) in [7, 11) is 0. The zero-order valence-corrected chi connectivity index (χ0v) is 18.9. The van der Waals surface area contributed by atoms with E-state index in [4.69, 9.17) is 13.9 Å². The molecule has 3 aromatic rings. The quantitative estimate of drug-likeness (QED) is 0.325. The number of ether oxygens (including phenoxy) is 2. The summed E-state index contributed by atoms with van der Waals surface area (Å²) in [4.78, 5) is 51.5. The lowest BCUT2D eigenvalue weighted by molar-refractivity contribution is 0.0470. The Kier molecular flexibility index (Phi) is 5.53. The minimum absolute atomic E-state index is 0.140. The SMILES string of the molecule is Cc1ccc2c(COC(=O)c3ccc4c(c3)C(=O)N(CC3CCCO3)C4=O)cc(=O)oc2c1C. The van der Waals surface area contributed by atoms with Crippen LogP contribution in [0.3, 0.4) is 0 Å². The molecule has 0 radical (unpaired) electrons. The minimum atomic E-state index is -0.661. The molecule has 0 aliphatic carbocycles. The van der Waals surface area contributed by atoms with E-state index in [0.717, 1.165) is 24.0 Å². The van der Waals surface area contributed by atoms with Crippen LogP contribution in [0.1, 0.15) is 60.6 Å². The number of esters is 1. The third kappa shape index (κ3) is 3.80. The number of aryl methyl sites for hydroxylation is 2. The molecule has 1 saturated heterocycles. The van der Waals surface area contributed by atoms with Crippen molar-refractivity contribution in [3.63, 3.8) is 0 Å². The first-order valence-electron chi connectivity index (χ1n) is 11.2. The van der Waals surface area contributed by atoms with Gasteiger partial charge in [0.1, 0.15) is 12.2 Å². The van der Waals surface area contributed by atoms with Crippen molar-refractivity contribution >= 4 is 28.8 Å². The molecule has 1 atom stereocenters. The Balaban J connectivity index is 1.35. The lowest BCUT2D eigenvalue weighted by Gasteiger charge is -2.17. The van der Waals surface area contributed by atoms with Gasteiger partial charge in [0.2, 0.25) is 0 Å². The number of fused-ring (bicyclic) bond motifs is 2. The van der Waals surface area contributed by atoms with Gasteiger partial charge in [-0.1, -0.05) is 12.1 Å². The lowest BCUT2D eigenvalue weighted by Crippen LogP contribution is -2.36. The Morgan fingerprint density at radius 3 is 2.62 bits per heavy atom. The molecule has 1 unspecified atom stereocenters. The summed E-state index contributed by atoms with van der Waals surface area (Å²) < 4.78 is 16.4. The largest absolute Gasteiger partial charge is 0.457 e. The average molecular weight is 461 g/mol. The first-order chi connectivity index (χ1) is 16.3. The van der Waals surface area contributed by atoms with Gasteiger partial charge < -0.3 is 13.9 Å². The van der Waals surface area contributed by atoms with Gasteiger partial charge in [-0.2, -0.15) is 0 Å². The van der Waals surface area contributed by atoms with E-state index in [1.807, 2.05) is 26.0 Å². The maximum absolute atomic E-state index is 12.8. The van der Waals surface area contributed by atoms with Crippen LogP contribution in [0.25, 0.3) is 11.0 Å². The molecule has 0 bridgehead atoms. The van der Waals surface area contributed by atoms with Gasteiger partial charge in [0, 0.05) is 23.6 Å². The van der Waals surface area contributed by atoms with E-state index >= 15 is 0 Å². The number of carbonyl (C=O) groups excluding carboxylic acids is 3. The predicted octanol–water partition coefficient (Wildman–Crippen LogP) is 3.54. The number of amides is 2. The number of carbonyl (C=O) groups is 3. The van der Waals surface area contributed by atoms with E-state index in [9.17, 15) is 19.2 Å². The molecule has 2 aliphatic heterocycles. The van der Waals surface area contributed by atoms with Crippen molar-refractivity contribution in [2.45, 2.75) is 39.4 Å². The van der Waals surface area contributed by atoms with Crippen molar-refractivity contribution in [3.8, 4) is 0 Å². The third-order valence-electron chi connectivity index (χ3n) is 6.49. The minimum Gasteiger partial charge on any atom is -0.457 e. The maximum atomic E-state index is 12.8. The Hall–Kier alpha value is -3.78. The molecule has 34 heavy (non-hydrogen) atoms. The number of benzene rings is 2. The topological polar surface area (TPSA) is 103 Å². The van der Waals surface area contributed by atoms with Crippen LogP contribution in [0.2, 0.25) is 0 Å². The van der Waals surface area contributed by atoms with E-state index < -0.39 is 17.5 Å². The van der Waals surface area contributed by atoms with Gasteiger partial charge in [0.05, 0.1) is 29.3 Å². The fraction of sp³-hybridized carbons (Fsp3) is 0.308. The summed E-state index contributed by atoms with van der Waals surface area (Å²) in [5.41, 5.74) is 2.88. The normalized spacial score (nSPS) is 17.5. The van der Waals surface area contributed by atoms with Gasteiger partial charge in [0.15, 0.2) is 0 Å². The molecule has 3 heterocycles. The van der Waals surface area contributed by atoms with E-state index in [0.29, 0.717) is 23.1 Å². The van der Waals surface area contributed by atoms with Crippen LogP contribution < -0.4 is 5.63 Å². The fourth-order valence-corrected chi connectivity index (χ4v) is 4.45. The van der Waals surface area contributed by atoms with Crippen molar-refractivity contribution in [2.24, 2.45) is 0 Å². The van der Waals surface area contributed by atoms with Crippen LogP contribution in [0, 0.1) is 13.8 Å². The standard InChI is InChI=1S/C26H23NO7/c1-14-5-7-19-17(11-22(28)34-23(19)15(14)2)13-33-26(31)16-6-8-20-21(10-16)25(30)27(24(20)29)12-18-4-3-9-32-18/h5-8,10-11,18H,3-4,9,12-13H2,1-2H3. The van der Waals surface area contributed by atoms with Gasteiger partial charge >= 0.3 is 11.6 Å². The molecular weight excluding hydrogens is 438 g/mol. The molecule has 0 saturated carbocycles. The second-order valence-corrected chi connectivity index (χ2v) is 8.67.